The molecule has 34 heavy (non-hydrogen) atoms. The van der Waals surface area contributed by atoms with Crippen molar-refractivity contribution in [1.29, 1.82) is 0 Å². The molecule has 0 radical (unpaired) electrons. The van der Waals surface area contributed by atoms with E-state index in [9.17, 15) is 0 Å². The van der Waals surface area contributed by atoms with Crippen molar-refractivity contribution in [1.82, 2.24) is 20.4 Å². The van der Waals surface area contributed by atoms with Crippen LogP contribution in [0.4, 0.5) is 5.82 Å². The number of ether oxygens (including phenoxy) is 1. The Labute approximate surface area is 205 Å². The second kappa shape index (κ2) is 9.19. The second-order valence-corrected chi connectivity index (χ2v) is 10.1. The maximum absolute atomic E-state index is 6.67. The summed E-state index contributed by atoms with van der Waals surface area (Å²) in [4.78, 5) is 12.5. The number of anilines is 1. The van der Waals surface area contributed by atoms with Crippen molar-refractivity contribution >= 4 is 17.4 Å². The van der Waals surface area contributed by atoms with Gasteiger partial charge in [0.25, 0.3) is 0 Å². The third-order valence-electron chi connectivity index (χ3n) is 7.10. The van der Waals surface area contributed by atoms with Gasteiger partial charge in [-0.05, 0) is 83.7 Å². The van der Waals surface area contributed by atoms with E-state index in [0.717, 1.165) is 71.5 Å². The monoisotopic (exact) mass is 481 g/mol. The van der Waals surface area contributed by atoms with Crippen molar-refractivity contribution in [2.24, 2.45) is 5.41 Å². The van der Waals surface area contributed by atoms with Gasteiger partial charge >= 0.3 is 0 Å². The molecule has 1 aliphatic heterocycles. The van der Waals surface area contributed by atoms with Crippen LogP contribution in [0.5, 0.6) is 5.75 Å². The molecule has 1 aliphatic carbocycles. The van der Waals surface area contributed by atoms with Crippen LogP contribution >= 0.6 is 11.6 Å². The summed E-state index contributed by atoms with van der Waals surface area (Å²) in [5, 5.41) is 7.91. The zero-order valence-corrected chi connectivity index (χ0v) is 21.1. The van der Waals surface area contributed by atoms with Crippen LogP contribution in [-0.2, 0) is 0 Å². The van der Waals surface area contributed by atoms with Crippen molar-refractivity contribution in [2.75, 3.05) is 38.2 Å². The summed E-state index contributed by atoms with van der Waals surface area (Å²) in [5.74, 6) is 3.08. The van der Waals surface area contributed by atoms with E-state index >= 15 is 0 Å². The second-order valence-electron chi connectivity index (χ2n) is 9.66. The minimum atomic E-state index is 0.486. The largest absolute Gasteiger partial charge is 0.494 e. The molecule has 1 saturated heterocycles. The lowest BCUT2D eigenvalue weighted by molar-refractivity contribution is 0.310. The van der Waals surface area contributed by atoms with Crippen LogP contribution in [0, 0.1) is 26.2 Å². The molecule has 2 aromatic heterocycles. The molecule has 0 bridgehead atoms. The molecule has 1 aromatic carbocycles. The van der Waals surface area contributed by atoms with E-state index in [1.54, 1.807) is 0 Å². The van der Waals surface area contributed by atoms with Gasteiger partial charge in [-0.15, -0.1) is 0 Å². The van der Waals surface area contributed by atoms with Crippen molar-refractivity contribution in [2.45, 2.75) is 46.5 Å². The number of aryl methyl sites for hydroxylation is 2. The number of nitrogens with one attached hydrogen (secondary N) is 1. The van der Waals surface area contributed by atoms with Crippen LogP contribution in [0.2, 0.25) is 5.02 Å². The van der Waals surface area contributed by atoms with E-state index in [1.807, 2.05) is 39.1 Å². The molecule has 1 N–H and O–H groups in total. The van der Waals surface area contributed by atoms with Gasteiger partial charge < -0.3 is 19.5 Å². The average molecular weight is 482 g/mol. The van der Waals surface area contributed by atoms with Crippen LogP contribution in [-0.4, -0.2) is 48.4 Å². The van der Waals surface area contributed by atoms with Crippen LogP contribution in [0.3, 0.4) is 0 Å². The van der Waals surface area contributed by atoms with Crippen LogP contribution in [0.1, 0.15) is 42.7 Å². The van der Waals surface area contributed by atoms with E-state index in [-0.39, 0.29) is 0 Å². The standard InChI is InChI=1S/C26H32ClN5O2/c1-16-23(22-17(2)31-34-18(22)3)29-24(30-25(16)32-12-10-26(15-32)8-9-26)20-14-19(6-7-21(20)27)33-13-5-11-28-4/h6-7,14,28H,5,8-13,15H2,1-4H3. The quantitative estimate of drug-likeness (QED) is 0.434. The molecule has 7 nitrogen and oxygen atoms in total. The molecular weight excluding hydrogens is 450 g/mol. The summed E-state index contributed by atoms with van der Waals surface area (Å²) in [6.07, 6.45) is 4.78. The molecule has 3 heterocycles. The van der Waals surface area contributed by atoms with Crippen molar-refractivity contribution in [3.05, 3.63) is 40.2 Å². The lowest BCUT2D eigenvalue weighted by Crippen LogP contribution is -2.23. The van der Waals surface area contributed by atoms with Gasteiger partial charge in [0.05, 0.1) is 28.6 Å². The Kier molecular flexibility index (Phi) is 6.25. The number of aromatic nitrogens is 3. The summed E-state index contributed by atoms with van der Waals surface area (Å²) in [6, 6.07) is 5.70. The maximum atomic E-state index is 6.67. The predicted octanol–water partition coefficient (Wildman–Crippen LogP) is 5.36. The van der Waals surface area contributed by atoms with Crippen LogP contribution in [0.25, 0.3) is 22.6 Å². The normalized spacial score (nSPS) is 16.4. The average Bonchev–Trinajstić information content (AvgIpc) is 3.33. The molecule has 1 spiro atoms. The van der Waals surface area contributed by atoms with E-state index < -0.39 is 0 Å². The Morgan fingerprint density at radius 2 is 2.00 bits per heavy atom. The molecule has 180 valence electrons. The zero-order chi connectivity index (χ0) is 23.9. The van der Waals surface area contributed by atoms with Gasteiger partial charge in [-0.2, -0.15) is 0 Å². The number of hydrogen-bond acceptors (Lipinski definition) is 7. The molecule has 2 fully saturated rings. The zero-order valence-electron chi connectivity index (χ0n) is 20.4. The highest BCUT2D eigenvalue weighted by Gasteiger charge is 2.48. The van der Waals surface area contributed by atoms with Gasteiger partial charge in [0.15, 0.2) is 5.82 Å². The first kappa shape index (κ1) is 23.1. The summed E-state index contributed by atoms with van der Waals surface area (Å²) in [6.45, 7) is 9.58. The van der Waals surface area contributed by atoms with Gasteiger partial charge in [0.2, 0.25) is 0 Å². The Morgan fingerprint density at radius 3 is 2.68 bits per heavy atom. The fourth-order valence-corrected chi connectivity index (χ4v) is 5.10. The molecule has 0 amide bonds. The van der Waals surface area contributed by atoms with E-state index in [0.29, 0.717) is 22.9 Å². The Balaban J connectivity index is 1.58. The van der Waals surface area contributed by atoms with Gasteiger partial charge in [-0.25, -0.2) is 9.97 Å². The number of hydrogen-bond donors (Lipinski definition) is 1. The van der Waals surface area contributed by atoms with E-state index in [4.69, 9.17) is 30.8 Å². The van der Waals surface area contributed by atoms with Crippen molar-refractivity contribution in [3.63, 3.8) is 0 Å². The Hall–Kier alpha value is -2.64. The maximum Gasteiger partial charge on any atom is 0.163 e. The number of benzene rings is 1. The summed E-state index contributed by atoms with van der Waals surface area (Å²) in [7, 11) is 1.94. The molecule has 5 rings (SSSR count). The number of halogens is 1. The Bertz CT molecular complexity index is 1180. The highest BCUT2D eigenvalue weighted by atomic mass is 35.5. The van der Waals surface area contributed by atoms with Gasteiger partial charge in [0, 0.05) is 24.2 Å². The first-order valence-electron chi connectivity index (χ1n) is 12.0. The lowest BCUT2D eigenvalue weighted by Gasteiger charge is -2.22. The smallest absolute Gasteiger partial charge is 0.163 e. The van der Waals surface area contributed by atoms with Crippen LogP contribution in [0.15, 0.2) is 22.7 Å². The summed E-state index contributed by atoms with van der Waals surface area (Å²) >= 11 is 6.67. The van der Waals surface area contributed by atoms with Crippen LogP contribution < -0.4 is 15.0 Å². The SMILES string of the molecule is CNCCCOc1ccc(Cl)c(-c2nc(-c3c(C)noc3C)c(C)c(N3CCC4(CC4)C3)n2)c1. The molecule has 1 saturated carbocycles. The van der Waals surface area contributed by atoms with E-state index in [2.05, 4.69) is 22.3 Å². The van der Waals surface area contributed by atoms with E-state index in [1.165, 1.54) is 19.3 Å². The number of nitrogens with zero attached hydrogens (tertiary/aromatic N) is 4. The first-order valence-corrected chi connectivity index (χ1v) is 12.4. The lowest BCUT2D eigenvalue weighted by atomic mass is 10.0. The molecule has 8 heteroatoms. The fraction of sp³-hybridized carbons (Fsp3) is 0.500. The fourth-order valence-electron chi connectivity index (χ4n) is 4.90. The molecule has 3 aromatic rings. The first-order chi connectivity index (χ1) is 16.4. The minimum Gasteiger partial charge on any atom is -0.494 e. The number of rotatable bonds is 8. The predicted molar refractivity (Wildman–Crippen MR) is 135 cm³/mol. The highest BCUT2D eigenvalue weighted by Crippen LogP contribution is 2.53. The minimum absolute atomic E-state index is 0.486. The van der Waals surface area contributed by atoms with Gasteiger partial charge in [-0.3, -0.25) is 0 Å². The summed E-state index contributed by atoms with van der Waals surface area (Å²) in [5.41, 5.74) is 4.90. The third kappa shape index (κ3) is 4.39. The molecular formula is C26H32ClN5O2. The molecule has 2 aliphatic rings. The highest BCUT2D eigenvalue weighted by molar-refractivity contribution is 6.33. The Morgan fingerprint density at radius 1 is 1.18 bits per heavy atom. The van der Waals surface area contributed by atoms with Crippen molar-refractivity contribution in [3.8, 4) is 28.4 Å². The molecule has 0 atom stereocenters. The topological polar surface area (TPSA) is 76.3 Å². The third-order valence-corrected chi connectivity index (χ3v) is 7.43. The molecule has 0 unspecified atom stereocenters. The van der Waals surface area contributed by atoms with Gasteiger partial charge in [0.1, 0.15) is 17.3 Å². The van der Waals surface area contributed by atoms with Gasteiger partial charge in [-0.1, -0.05) is 16.8 Å². The van der Waals surface area contributed by atoms with Crippen molar-refractivity contribution < 1.29 is 9.26 Å². The summed E-state index contributed by atoms with van der Waals surface area (Å²) < 4.78 is 11.5.